The lowest BCUT2D eigenvalue weighted by Gasteiger charge is -2.42. The maximum atomic E-state index is 13.0. The van der Waals surface area contributed by atoms with Crippen LogP contribution in [-0.2, 0) is 16.0 Å². The van der Waals surface area contributed by atoms with E-state index in [4.69, 9.17) is 4.74 Å². The molecule has 0 spiro atoms. The molecule has 2 aliphatic heterocycles. The summed E-state index contributed by atoms with van der Waals surface area (Å²) in [5.41, 5.74) is 1.06. The summed E-state index contributed by atoms with van der Waals surface area (Å²) in [5.74, 6) is 0.0286. The minimum atomic E-state index is -0.453. The van der Waals surface area contributed by atoms with Crippen LogP contribution in [0.2, 0.25) is 0 Å². The Morgan fingerprint density at radius 1 is 1.29 bits per heavy atom. The minimum absolute atomic E-state index is 0.0286. The smallest absolute Gasteiger partial charge is 0.318 e. The Hall–Kier alpha value is -2.08. The van der Waals surface area contributed by atoms with Crippen molar-refractivity contribution in [3.8, 4) is 0 Å². The second-order valence-corrected chi connectivity index (χ2v) is 6.43. The largest absolute Gasteiger partial charge is 0.380 e. The van der Waals surface area contributed by atoms with E-state index in [2.05, 4.69) is 5.32 Å². The highest BCUT2D eigenvalue weighted by Crippen LogP contribution is 2.28. The first-order chi connectivity index (χ1) is 11.6. The summed E-state index contributed by atoms with van der Waals surface area (Å²) in [6.07, 6.45) is 1.39. The summed E-state index contributed by atoms with van der Waals surface area (Å²) in [4.78, 5) is 29.1. The normalized spacial score (nSPS) is 26.4. The third-order valence-electron chi connectivity index (χ3n) is 4.92. The van der Waals surface area contributed by atoms with Crippen molar-refractivity contribution in [2.75, 3.05) is 26.7 Å². The lowest BCUT2D eigenvalue weighted by atomic mass is 9.99. The van der Waals surface area contributed by atoms with Crippen molar-refractivity contribution >= 4 is 11.9 Å². The van der Waals surface area contributed by atoms with Crippen LogP contribution < -0.4 is 5.32 Å². The van der Waals surface area contributed by atoms with Crippen LogP contribution in [0.3, 0.4) is 0 Å². The number of ether oxygens (including phenoxy) is 1. The molecule has 0 unspecified atom stereocenters. The molecule has 0 aromatic heterocycles. The highest BCUT2D eigenvalue weighted by molar-refractivity contribution is 5.89. The van der Waals surface area contributed by atoms with Crippen molar-refractivity contribution in [3.05, 3.63) is 35.9 Å². The first kappa shape index (κ1) is 16.8. The van der Waals surface area contributed by atoms with E-state index in [-0.39, 0.29) is 24.1 Å². The van der Waals surface area contributed by atoms with Crippen molar-refractivity contribution in [1.82, 2.24) is 15.1 Å². The Bertz CT molecular complexity index is 592. The summed E-state index contributed by atoms with van der Waals surface area (Å²) in [5, 5.41) is 2.84. The molecule has 130 valence electrons. The van der Waals surface area contributed by atoms with Crippen LogP contribution in [0.25, 0.3) is 0 Å². The lowest BCUT2D eigenvalue weighted by molar-refractivity contribution is -0.141. The zero-order chi connectivity index (χ0) is 17.1. The maximum Gasteiger partial charge on any atom is 0.318 e. The summed E-state index contributed by atoms with van der Waals surface area (Å²) in [6, 6.07) is 9.30. The van der Waals surface area contributed by atoms with Crippen LogP contribution in [0.4, 0.5) is 4.79 Å². The molecule has 2 fully saturated rings. The highest BCUT2D eigenvalue weighted by Gasteiger charge is 2.46. The Morgan fingerprint density at radius 3 is 2.71 bits per heavy atom. The van der Waals surface area contributed by atoms with Gasteiger partial charge in [-0.2, -0.15) is 0 Å². The summed E-state index contributed by atoms with van der Waals surface area (Å²) < 4.78 is 5.44. The summed E-state index contributed by atoms with van der Waals surface area (Å²) in [7, 11) is 1.68. The molecular weight excluding hydrogens is 306 g/mol. The molecule has 3 rings (SSSR count). The number of amides is 3. The van der Waals surface area contributed by atoms with Crippen molar-refractivity contribution in [3.63, 3.8) is 0 Å². The van der Waals surface area contributed by atoms with Gasteiger partial charge in [-0.1, -0.05) is 30.3 Å². The number of carbonyl (C=O) groups excluding carboxylic acids is 2. The molecule has 0 bridgehead atoms. The number of carbonyl (C=O) groups is 2. The topological polar surface area (TPSA) is 61.9 Å². The Balaban J connectivity index is 1.83. The number of fused-ring (bicyclic) bond motifs is 1. The number of hydrogen-bond donors (Lipinski definition) is 1. The number of urea groups is 1. The predicted molar refractivity (Wildman–Crippen MR) is 90.6 cm³/mol. The van der Waals surface area contributed by atoms with Gasteiger partial charge in [-0.05, 0) is 18.9 Å². The average molecular weight is 331 g/mol. The van der Waals surface area contributed by atoms with Crippen LogP contribution in [0.5, 0.6) is 0 Å². The summed E-state index contributed by atoms with van der Waals surface area (Å²) >= 11 is 0. The van der Waals surface area contributed by atoms with Crippen molar-refractivity contribution in [1.29, 1.82) is 0 Å². The van der Waals surface area contributed by atoms with Gasteiger partial charge in [0.15, 0.2) is 0 Å². The Labute approximate surface area is 142 Å². The van der Waals surface area contributed by atoms with Crippen molar-refractivity contribution in [2.45, 2.75) is 38.0 Å². The molecule has 0 radical (unpaired) electrons. The van der Waals surface area contributed by atoms with E-state index >= 15 is 0 Å². The van der Waals surface area contributed by atoms with Gasteiger partial charge in [0.2, 0.25) is 5.91 Å². The molecule has 1 N–H and O–H groups in total. The molecule has 2 saturated heterocycles. The molecule has 3 amide bonds. The minimum Gasteiger partial charge on any atom is -0.380 e. The first-order valence-electron chi connectivity index (χ1n) is 8.55. The highest BCUT2D eigenvalue weighted by atomic mass is 16.5. The molecule has 0 saturated carbocycles. The van der Waals surface area contributed by atoms with E-state index in [1.807, 2.05) is 42.2 Å². The van der Waals surface area contributed by atoms with Crippen LogP contribution in [-0.4, -0.2) is 66.7 Å². The molecule has 0 aliphatic carbocycles. The first-order valence-corrected chi connectivity index (χ1v) is 8.55. The van der Waals surface area contributed by atoms with Crippen molar-refractivity contribution < 1.29 is 14.3 Å². The SMILES string of the molecule is CCNC(=O)N1C[C@@H]2C[C@H](OC)CN2C(=O)[C@@H]1Cc1ccccc1. The van der Waals surface area contributed by atoms with E-state index < -0.39 is 6.04 Å². The molecule has 1 aromatic carbocycles. The molecule has 2 heterocycles. The Kier molecular flexibility index (Phi) is 5.04. The van der Waals surface area contributed by atoms with Gasteiger partial charge in [0.05, 0.1) is 12.1 Å². The fraction of sp³-hybridized carbons (Fsp3) is 0.556. The van der Waals surface area contributed by atoms with Gasteiger partial charge in [0, 0.05) is 33.2 Å². The molecular formula is C18H25N3O3. The predicted octanol–water partition coefficient (Wildman–Crippen LogP) is 1.26. The van der Waals surface area contributed by atoms with Crippen LogP contribution >= 0.6 is 0 Å². The molecule has 6 nitrogen and oxygen atoms in total. The number of hydrogen-bond acceptors (Lipinski definition) is 3. The number of methoxy groups -OCH3 is 1. The molecule has 24 heavy (non-hydrogen) atoms. The number of piperazine rings is 1. The van der Waals surface area contributed by atoms with Gasteiger partial charge in [-0.3, -0.25) is 4.79 Å². The fourth-order valence-corrected chi connectivity index (χ4v) is 3.68. The van der Waals surface area contributed by atoms with Crippen molar-refractivity contribution in [2.24, 2.45) is 0 Å². The quantitative estimate of drug-likeness (QED) is 0.903. The maximum absolute atomic E-state index is 13.0. The molecule has 6 heteroatoms. The zero-order valence-electron chi connectivity index (χ0n) is 14.3. The fourth-order valence-electron chi connectivity index (χ4n) is 3.68. The number of rotatable bonds is 4. The third-order valence-corrected chi connectivity index (χ3v) is 4.92. The molecule has 3 atom stereocenters. The lowest BCUT2D eigenvalue weighted by Crippen LogP contribution is -2.63. The standard InChI is InChI=1S/C18H25N3O3/c1-3-19-18(23)21-11-14-10-15(24-2)12-20(14)17(22)16(21)9-13-7-5-4-6-8-13/h4-8,14-16H,3,9-12H2,1-2H3,(H,19,23)/t14-,15-,16-/m0/s1. The third kappa shape index (κ3) is 3.24. The molecule has 1 aromatic rings. The number of nitrogens with zero attached hydrogens (tertiary/aromatic N) is 2. The van der Waals surface area contributed by atoms with Crippen LogP contribution in [0.15, 0.2) is 30.3 Å². The van der Waals surface area contributed by atoms with E-state index in [1.54, 1.807) is 12.0 Å². The number of nitrogens with one attached hydrogen (secondary N) is 1. The van der Waals surface area contributed by atoms with Gasteiger partial charge in [0.1, 0.15) is 6.04 Å². The second-order valence-electron chi connectivity index (χ2n) is 6.43. The second kappa shape index (κ2) is 7.21. The van der Waals surface area contributed by atoms with Gasteiger partial charge < -0.3 is 19.9 Å². The Morgan fingerprint density at radius 2 is 2.04 bits per heavy atom. The average Bonchev–Trinajstić information content (AvgIpc) is 3.02. The zero-order valence-corrected chi connectivity index (χ0v) is 14.3. The monoisotopic (exact) mass is 331 g/mol. The van der Waals surface area contributed by atoms with Gasteiger partial charge in [0.25, 0.3) is 0 Å². The van der Waals surface area contributed by atoms with Gasteiger partial charge >= 0.3 is 6.03 Å². The number of benzene rings is 1. The molecule has 2 aliphatic rings. The van der Waals surface area contributed by atoms with E-state index in [0.717, 1.165) is 12.0 Å². The van der Waals surface area contributed by atoms with Crippen LogP contribution in [0, 0.1) is 0 Å². The summed E-state index contributed by atoms with van der Waals surface area (Å²) in [6.45, 7) is 3.62. The van der Waals surface area contributed by atoms with Gasteiger partial charge in [-0.15, -0.1) is 0 Å². The van der Waals surface area contributed by atoms with Gasteiger partial charge in [-0.25, -0.2) is 4.79 Å². The van der Waals surface area contributed by atoms with E-state index in [1.165, 1.54) is 0 Å². The van der Waals surface area contributed by atoms with E-state index in [9.17, 15) is 9.59 Å². The van der Waals surface area contributed by atoms with Crippen LogP contribution in [0.1, 0.15) is 18.9 Å². The van der Waals surface area contributed by atoms with E-state index in [0.29, 0.717) is 26.1 Å².